The SMILES string of the molecule is CC(c1ccccc1)C1(O)CCC/C(=C\c2ccccc2)C1=O. The number of aliphatic hydroxyl groups is 1. The highest BCUT2D eigenvalue weighted by Crippen LogP contribution is 2.39. The Morgan fingerprint density at radius 2 is 1.65 bits per heavy atom. The summed E-state index contributed by atoms with van der Waals surface area (Å²) in [7, 11) is 0. The molecule has 0 aromatic heterocycles. The first-order chi connectivity index (χ1) is 11.1. The highest BCUT2D eigenvalue weighted by atomic mass is 16.3. The van der Waals surface area contributed by atoms with Gasteiger partial charge in [0, 0.05) is 5.92 Å². The molecular formula is C21H22O2. The quantitative estimate of drug-likeness (QED) is 0.856. The minimum atomic E-state index is -1.31. The van der Waals surface area contributed by atoms with Crippen molar-refractivity contribution >= 4 is 11.9 Å². The molecule has 1 N–H and O–H groups in total. The van der Waals surface area contributed by atoms with Gasteiger partial charge in [0.15, 0.2) is 5.78 Å². The Morgan fingerprint density at radius 1 is 1.04 bits per heavy atom. The van der Waals surface area contributed by atoms with Crippen LogP contribution in [0.5, 0.6) is 0 Å². The monoisotopic (exact) mass is 306 g/mol. The molecule has 1 aliphatic carbocycles. The first-order valence-corrected chi connectivity index (χ1v) is 8.19. The Labute approximate surface area is 137 Å². The fourth-order valence-corrected chi connectivity index (χ4v) is 3.37. The summed E-state index contributed by atoms with van der Waals surface area (Å²) in [6.07, 6.45) is 4.01. The maximum absolute atomic E-state index is 12.9. The van der Waals surface area contributed by atoms with Gasteiger partial charge in [0.1, 0.15) is 5.60 Å². The average molecular weight is 306 g/mol. The Bertz CT molecular complexity index is 703. The maximum Gasteiger partial charge on any atom is 0.190 e. The maximum atomic E-state index is 12.9. The summed E-state index contributed by atoms with van der Waals surface area (Å²) in [4.78, 5) is 12.9. The van der Waals surface area contributed by atoms with Crippen LogP contribution in [-0.4, -0.2) is 16.5 Å². The van der Waals surface area contributed by atoms with Gasteiger partial charge in [-0.05, 0) is 42.0 Å². The van der Waals surface area contributed by atoms with Crippen molar-refractivity contribution in [3.8, 4) is 0 Å². The van der Waals surface area contributed by atoms with Crippen LogP contribution in [0.4, 0.5) is 0 Å². The molecule has 1 fully saturated rings. The number of carbonyl (C=O) groups excluding carboxylic acids is 1. The lowest BCUT2D eigenvalue weighted by molar-refractivity contribution is -0.138. The lowest BCUT2D eigenvalue weighted by atomic mass is 9.71. The third kappa shape index (κ3) is 3.13. The van der Waals surface area contributed by atoms with Crippen LogP contribution in [0.25, 0.3) is 6.08 Å². The van der Waals surface area contributed by atoms with E-state index >= 15 is 0 Å². The Kier molecular flexibility index (Phi) is 4.44. The molecule has 23 heavy (non-hydrogen) atoms. The zero-order chi connectivity index (χ0) is 16.3. The summed E-state index contributed by atoms with van der Waals surface area (Å²) in [6.45, 7) is 1.94. The van der Waals surface area contributed by atoms with E-state index in [-0.39, 0.29) is 11.7 Å². The van der Waals surface area contributed by atoms with E-state index < -0.39 is 5.60 Å². The second-order valence-corrected chi connectivity index (χ2v) is 6.32. The fraction of sp³-hybridized carbons (Fsp3) is 0.286. The number of benzene rings is 2. The van der Waals surface area contributed by atoms with E-state index in [1.54, 1.807) is 0 Å². The summed E-state index contributed by atoms with van der Waals surface area (Å²) >= 11 is 0. The molecule has 0 spiro atoms. The summed E-state index contributed by atoms with van der Waals surface area (Å²) in [5.41, 5.74) is 1.43. The molecule has 2 heteroatoms. The van der Waals surface area contributed by atoms with Crippen molar-refractivity contribution in [1.82, 2.24) is 0 Å². The van der Waals surface area contributed by atoms with Gasteiger partial charge in [-0.25, -0.2) is 0 Å². The molecule has 118 valence electrons. The van der Waals surface area contributed by atoms with Gasteiger partial charge >= 0.3 is 0 Å². The van der Waals surface area contributed by atoms with E-state index in [2.05, 4.69) is 0 Å². The third-order valence-corrected chi connectivity index (χ3v) is 4.85. The molecule has 1 aliphatic rings. The fourth-order valence-electron chi connectivity index (χ4n) is 3.37. The first kappa shape index (κ1) is 15.7. The van der Waals surface area contributed by atoms with Crippen molar-refractivity contribution in [3.63, 3.8) is 0 Å². The summed E-state index contributed by atoms with van der Waals surface area (Å²) in [5.74, 6) is -0.334. The topological polar surface area (TPSA) is 37.3 Å². The third-order valence-electron chi connectivity index (χ3n) is 4.85. The lowest BCUT2D eigenvalue weighted by Crippen LogP contribution is -2.46. The molecule has 2 unspecified atom stereocenters. The van der Waals surface area contributed by atoms with E-state index in [4.69, 9.17) is 0 Å². The molecule has 0 bridgehead atoms. The molecule has 2 nitrogen and oxygen atoms in total. The second-order valence-electron chi connectivity index (χ2n) is 6.32. The Balaban J connectivity index is 1.91. The van der Waals surface area contributed by atoms with Crippen molar-refractivity contribution in [1.29, 1.82) is 0 Å². The largest absolute Gasteiger partial charge is 0.381 e. The van der Waals surface area contributed by atoms with Crippen molar-refractivity contribution < 1.29 is 9.90 Å². The minimum Gasteiger partial charge on any atom is -0.381 e. The van der Waals surface area contributed by atoms with E-state index in [0.29, 0.717) is 6.42 Å². The van der Waals surface area contributed by atoms with E-state index in [0.717, 1.165) is 29.5 Å². The number of hydrogen-bond acceptors (Lipinski definition) is 2. The van der Waals surface area contributed by atoms with Crippen molar-refractivity contribution in [2.75, 3.05) is 0 Å². The molecule has 0 radical (unpaired) electrons. The first-order valence-electron chi connectivity index (χ1n) is 8.19. The highest BCUT2D eigenvalue weighted by molar-refractivity contribution is 6.06. The number of rotatable bonds is 3. The number of carbonyl (C=O) groups is 1. The molecule has 1 saturated carbocycles. The van der Waals surface area contributed by atoms with Gasteiger partial charge in [-0.1, -0.05) is 67.6 Å². The van der Waals surface area contributed by atoms with Crippen LogP contribution < -0.4 is 0 Å². The molecule has 2 atom stereocenters. The lowest BCUT2D eigenvalue weighted by Gasteiger charge is -2.37. The molecule has 2 aromatic rings. The second kappa shape index (κ2) is 6.51. The summed E-state index contributed by atoms with van der Waals surface area (Å²) in [6, 6.07) is 19.6. The molecule has 0 aliphatic heterocycles. The minimum absolute atomic E-state index is 0.121. The van der Waals surface area contributed by atoms with Crippen LogP contribution in [0, 0.1) is 0 Å². The Morgan fingerprint density at radius 3 is 2.30 bits per heavy atom. The molecule has 0 amide bonds. The van der Waals surface area contributed by atoms with E-state index in [1.165, 1.54) is 0 Å². The van der Waals surface area contributed by atoms with Crippen LogP contribution in [0.15, 0.2) is 66.2 Å². The van der Waals surface area contributed by atoms with Gasteiger partial charge in [-0.2, -0.15) is 0 Å². The molecule has 3 rings (SSSR count). The van der Waals surface area contributed by atoms with Gasteiger partial charge in [-0.15, -0.1) is 0 Å². The normalized spacial score (nSPS) is 24.6. The van der Waals surface area contributed by atoms with E-state index in [9.17, 15) is 9.90 Å². The summed E-state index contributed by atoms with van der Waals surface area (Å²) < 4.78 is 0. The Hall–Kier alpha value is -2.19. The van der Waals surface area contributed by atoms with Crippen LogP contribution in [0.1, 0.15) is 43.2 Å². The molecular weight excluding hydrogens is 284 g/mol. The van der Waals surface area contributed by atoms with E-state index in [1.807, 2.05) is 73.7 Å². The molecule has 2 aromatic carbocycles. The summed E-state index contributed by atoms with van der Waals surface area (Å²) in [5, 5.41) is 11.1. The van der Waals surface area contributed by atoms with Gasteiger partial charge in [0.2, 0.25) is 0 Å². The highest BCUT2D eigenvalue weighted by Gasteiger charge is 2.45. The van der Waals surface area contributed by atoms with Gasteiger partial charge in [0.25, 0.3) is 0 Å². The average Bonchev–Trinajstić information content (AvgIpc) is 2.60. The number of ketones is 1. The van der Waals surface area contributed by atoms with Gasteiger partial charge in [-0.3, -0.25) is 4.79 Å². The number of hydrogen-bond donors (Lipinski definition) is 1. The van der Waals surface area contributed by atoms with Gasteiger partial charge in [0.05, 0.1) is 0 Å². The van der Waals surface area contributed by atoms with Crippen molar-refractivity contribution in [2.45, 2.75) is 37.7 Å². The van der Waals surface area contributed by atoms with Crippen LogP contribution in [-0.2, 0) is 4.79 Å². The predicted molar refractivity (Wildman–Crippen MR) is 93.1 cm³/mol. The van der Waals surface area contributed by atoms with Crippen molar-refractivity contribution in [2.24, 2.45) is 0 Å². The smallest absolute Gasteiger partial charge is 0.190 e. The zero-order valence-corrected chi connectivity index (χ0v) is 13.4. The van der Waals surface area contributed by atoms with Crippen LogP contribution in [0.2, 0.25) is 0 Å². The standard InChI is InChI=1S/C21H22O2/c1-16(18-11-6-3-7-12-18)21(23)14-8-13-19(20(21)22)15-17-9-4-2-5-10-17/h2-7,9-12,15-16,23H,8,13-14H2,1H3/b19-15+. The zero-order valence-electron chi connectivity index (χ0n) is 13.4. The van der Waals surface area contributed by atoms with Gasteiger partial charge < -0.3 is 5.11 Å². The molecule has 0 saturated heterocycles. The molecule has 0 heterocycles. The predicted octanol–water partition coefficient (Wildman–Crippen LogP) is 4.36. The van der Waals surface area contributed by atoms with Crippen LogP contribution >= 0.6 is 0 Å². The van der Waals surface area contributed by atoms with Crippen LogP contribution in [0.3, 0.4) is 0 Å². The van der Waals surface area contributed by atoms with Crippen molar-refractivity contribution in [3.05, 3.63) is 77.4 Å². The number of Topliss-reactive ketones (excluding diaryl/α,β-unsaturated/α-hetero) is 1.